The third-order valence-electron chi connectivity index (χ3n) is 2.84. The molecule has 6 heteroatoms. The highest BCUT2D eigenvalue weighted by molar-refractivity contribution is 14.1. The molecule has 21 heavy (non-hydrogen) atoms. The van der Waals surface area contributed by atoms with Gasteiger partial charge in [0.1, 0.15) is 5.75 Å². The predicted octanol–water partition coefficient (Wildman–Crippen LogP) is 3.72. The molecule has 0 amide bonds. The van der Waals surface area contributed by atoms with Crippen LogP contribution in [0.2, 0.25) is 0 Å². The number of hydrogen-bond donors (Lipinski definition) is 1. The van der Waals surface area contributed by atoms with Gasteiger partial charge in [-0.2, -0.15) is 0 Å². The number of aromatic nitrogens is 2. The minimum absolute atomic E-state index is 0.201. The zero-order valence-corrected chi connectivity index (χ0v) is 12.8. The van der Waals surface area contributed by atoms with Gasteiger partial charge in [0.05, 0.1) is 5.52 Å². The monoisotopic (exact) mass is 392 g/mol. The van der Waals surface area contributed by atoms with Crippen LogP contribution in [0.25, 0.3) is 10.9 Å². The van der Waals surface area contributed by atoms with Crippen LogP contribution in [0.15, 0.2) is 48.5 Å². The minimum Gasteiger partial charge on any atom is -0.476 e. The number of rotatable bonds is 3. The first kappa shape index (κ1) is 13.7. The summed E-state index contributed by atoms with van der Waals surface area (Å²) in [7, 11) is 0. The molecule has 0 aliphatic heterocycles. The molecule has 0 unspecified atom stereocenters. The summed E-state index contributed by atoms with van der Waals surface area (Å²) >= 11 is 2.16. The number of halogens is 1. The highest BCUT2D eigenvalue weighted by Gasteiger charge is 2.18. The summed E-state index contributed by atoms with van der Waals surface area (Å²) in [6.07, 6.45) is 0. The van der Waals surface area contributed by atoms with E-state index in [2.05, 4.69) is 32.8 Å². The Kier molecular flexibility index (Phi) is 3.70. The number of hydrogen-bond acceptors (Lipinski definition) is 4. The molecule has 1 N–H and O–H groups in total. The second-order valence-electron chi connectivity index (χ2n) is 4.26. The van der Waals surface area contributed by atoms with Crippen molar-refractivity contribution in [2.45, 2.75) is 0 Å². The van der Waals surface area contributed by atoms with Crippen molar-refractivity contribution in [1.29, 1.82) is 0 Å². The summed E-state index contributed by atoms with van der Waals surface area (Å²) < 4.78 is 6.77. The van der Waals surface area contributed by atoms with Crippen molar-refractivity contribution in [3.8, 4) is 11.5 Å². The zero-order valence-electron chi connectivity index (χ0n) is 10.7. The molecule has 0 aliphatic carbocycles. The molecule has 0 saturated carbocycles. The molecule has 1 heterocycles. The first-order chi connectivity index (χ1) is 10.1. The molecule has 0 bridgehead atoms. The zero-order chi connectivity index (χ0) is 14.8. The van der Waals surface area contributed by atoms with E-state index in [1.54, 1.807) is 24.3 Å². The summed E-state index contributed by atoms with van der Waals surface area (Å²) in [6, 6.07) is 14.5. The van der Waals surface area contributed by atoms with Crippen LogP contribution in [-0.2, 0) is 0 Å². The SMILES string of the molecule is O=C(O)c1nnc2ccccc2c1Oc1cccc(I)c1. The lowest BCUT2D eigenvalue weighted by atomic mass is 10.2. The van der Waals surface area contributed by atoms with Crippen LogP contribution in [0.3, 0.4) is 0 Å². The molecule has 3 rings (SSSR count). The van der Waals surface area contributed by atoms with Gasteiger partial charge in [-0.25, -0.2) is 4.79 Å². The molecule has 0 spiro atoms. The maximum absolute atomic E-state index is 11.3. The predicted molar refractivity (Wildman–Crippen MR) is 85.7 cm³/mol. The minimum atomic E-state index is -1.17. The van der Waals surface area contributed by atoms with E-state index >= 15 is 0 Å². The Labute approximate surface area is 133 Å². The van der Waals surface area contributed by atoms with Gasteiger partial charge in [-0.05, 0) is 52.9 Å². The normalized spacial score (nSPS) is 10.5. The van der Waals surface area contributed by atoms with Crippen LogP contribution in [-0.4, -0.2) is 21.3 Å². The standard InChI is InChI=1S/C15H9IN2O3/c16-9-4-3-5-10(8-9)21-14-11-6-1-2-7-12(11)17-18-13(14)15(19)20/h1-8H,(H,19,20). The number of nitrogens with zero attached hydrogens (tertiary/aromatic N) is 2. The van der Waals surface area contributed by atoms with Gasteiger partial charge in [-0.3, -0.25) is 0 Å². The van der Waals surface area contributed by atoms with Crippen molar-refractivity contribution < 1.29 is 14.6 Å². The van der Waals surface area contributed by atoms with Gasteiger partial charge >= 0.3 is 5.97 Å². The maximum Gasteiger partial charge on any atom is 0.360 e. The first-order valence-corrected chi connectivity index (χ1v) is 7.15. The fourth-order valence-corrected chi connectivity index (χ4v) is 2.44. The van der Waals surface area contributed by atoms with Crippen LogP contribution < -0.4 is 4.74 Å². The van der Waals surface area contributed by atoms with Crippen LogP contribution in [0, 0.1) is 3.57 Å². The Morgan fingerprint density at radius 2 is 1.90 bits per heavy atom. The maximum atomic E-state index is 11.3. The molecule has 3 aromatic rings. The molecular formula is C15H9IN2O3. The van der Waals surface area contributed by atoms with E-state index in [0.717, 1.165) is 3.57 Å². The lowest BCUT2D eigenvalue weighted by molar-refractivity contribution is 0.0686. The van der Waals surface area contributed by atoms with E-state index in [9.17, 15) is 9.90 Å². The molecule has 5 nitrogen and oxygen atoms in total. The van der Waals surface area contributed by atoms with Crippen LogP contribution in [0.5, 0.6) is 11.5 Å². The van der Waals surface area contributed by atoms with E-state index < -0.39 is 5.97 Å². The number of fused-ring (bicyclic) bond motifs is 1. The molecule has 2 aromatic carbocycles. The molecule has 0 radical (unpaired) electrons. The van der Waals surface area contributed by atoms with Gasteiger partial charge in [0, 0.05) is 8.96 Å². The Morgan fingerprint density at radius 1 is 1.10 bits per heavy atom. The highest BCUT2D eigenvalue weighted by atomic mass is 127. The molecule has 0 fully saturated rings. The first-order valence-electron chi connectivity index (χ1n) is 6.07. The van der Waals surface area contributed by atoms with Crippen LogP contribution in [0.1, 0.15) is 10.5 Å². The summed E-state index contributed by atoms with van der Waals surface area (Å²) in [5.41, 5.74) is 0.385. The number of carboxylic acid groups (broad SMARTS) is 1. The molecule has 104 valence electrons. The summed E-state index contributed by atoms with van der Waals surface area (Å²) in [5, 5.41) is 17.5. The fourth-order valence-electron chi connectivity index (χ4n) is 1.92. The highest BCUT2D eigenvalue weighted by Crippen LogP contribution is 2.31. The Bertz CT molecular complexity index is 836. The van der Waals surface area contributed by atoms with Gasteiger partial charge in [0.2, 0.25) is 5.69 Å². The number of carboxylic acids is 1. The Morgan fingerprint density at radius 3 is 2.67 bits per heavy atom. The van der Waals surface area contributed by atoms with E-state index in [1.165, 1.54) is 0 Å². The third kappa shape index (κ3) is 2.80. The second kappa shape index (κ2) is 5.65. The molecular weight excluding hydrogens is 383 g/mol. The topological polar surface area (TPSA) is 72.3 Å². The van der Waals surface area contributed by atoms with Gasteiger partial charge in [-0.15, -0.1) is 10.2 Å². The number of carbonyl (C=O) groups is 1. The molecule has 0 atom stereocenters. The van der Waals surface area contributed by atoms with Crippen molar-refractivity contribution in [3.63, 3.8) is 0 Å². The van der Waals surface area contributed by atoms with E-state index in [4.69, 9.17) is 4.74 Å². The van der Waals surface area contributed by atoms with Gasteiger partial charge in [0.25, 0.3) is 0 Å². The quantitative estimate of drug-likeness (QED) is 0.688. The van der Waals surface area contributed by atoms with Gasteiger partial charge < -0.3 is 9.84 Å². The van der Waals surface area contributed by atoms with Crippen molar-refractivity contribution in [2.75, 3.05) is 0 Å². The van der Waals surface area contributed by atoms with Crippen molar-refractivity contribution >= 4 is 39.5 Å². The van der Waals surface area contributed by atoms with E-state index in [0.29, 0.717) is 16.7 Å². The Balaban J connectivity index is 2.18. The molecule has 0 saturated heterocycles. The number of aromatic carboxylic acids is 1. The fraction of sp³-hybridized carbons (Fsp3) is 0. The molecule has 1 aromatic heterocycles. The number of ether oxygens (including phenoxy) is 1. The van der Waals surface area contributed by atoms with Gasteiger partial charge in [0.15, 0.2) is 5.75 Å². The van der Waals surface area contributed by atoms with Crippen LogP contribution in [0.4, 0.5) is 0 Å². The van der Waals surface area contributed by atoms with E-state index in [1.807, 2.05) is 24.3 Å². The number of benzene rings is 2. The summed E-state index contributed by atoms with van der Waals surface area (Å²) in [6.45, 7) is 0. The average molecular weight is 392 g/mol. The second-order valence-corrected chi connectivity index (χ2v) is 5.51. The van der Waals surface area contributed by atoms with Gasteiger partial charge in [-0.1, -0.05) is 18.2 Å². The summed E-state index contributed by atoms with van der Waals surface area (Å²) in [4.78, 5) is 11.3. The lowest BCUT2D eigenvalue weighted by Crippen LogP contribution is -2.06. The van der Waals surface area contributed by atoms with Crippen molar-refractivity contribution in [2.24, 2.45) is 0 Å². The van der Waals surface area contributed by atoms with E-state index in [-0.39, 0.29) is 11.4 Å². The third-order valence-corrected chi connectivity index (χ3v) is 3.51. The average Bonchev–Trinajstić information content (AvgIpc) is 2.47. The smallest absolute Gasteiger partial charge is 0.360 e. The summed E-state index contributed by atoms with van der Waals surface area (Å²) in [5.74, 6) is -0.411. The molecule has 0 aliphatic rings. The van der Waals surface area contributed by atoms with Crippen LogP contribution >= 0.6 is 22.6 Å². The largest absolute Gasteiger partial charge is 0.476 e. The Hall–Kier alpha value is -2.22. The van der Waals surface area contributed by atoms with Crippen molar-refractivity contribution in [3.05, 3.63) is 57.8 Å². The van der Waals surface area contributed by atoms with Crippen molar-refractivity contribution in [1.82, 2.24) is 10.2 Å². The lowest BCUT2D eigenvalue weighted by Gasteiger charge is -2.10.